The van der Waals surface area contributed by atoms with Crippen LogP contribution in [0.2, 0.25) is 0 Å². The van der Waals surface area contributed by atoms with Gasteiger partial charge in [-0.3, -0.25) is 4.79 Å². The summed E-state index contributed by atoms with van der Waals surface area (Å²) in [5.41, 5.74) is 1.34. The summed E-state index contributed by atoms with van der Waals surface area (Å²) in [6, 6.07) is 10.5. The van der Waals surface area contributed by atoms with E-state index in [-0.39, 0.29) is 0 Å². The van der Waals surface area contributed by atoms with Gasteiger partial charge in [0.25, 0.3) is 0 Å². The second-order valence-electron chi connectivity index (χ2n) is 5.60. The molecule has 0 heterocycles. The Morgan fingerprint density at radius 1 is 1.42 bits per heavy atom. The summed E-state index contributed by atoms with van der Waals surface area (Å²) in [5.74, 6) is 1.09. The second-order valence-corrected chi connectivity index (χ2v) is 5.60. The van der Waals surface area contributed by atoms with Crippen LogP contribution in [0.4, 0.5) is 0 Å². The molecule has 1 unspecified atom stereocenters. The molecule has 1 atom stereocenters. The Morgan fingerprint density at radius 2 is 2.11 bits per heavy atom. The summed E-state index contributed by atoms with van der Waals surface area (Å²) < 4.78 is 0. The van der Waals surface area contributed by atoms with Gasteiger partial charge in [0, 0.05) is 19.0 Å². The van der Waals surface area contributed by atoms with E-state index in [1.165, 1.54) is 5.56 Å². The fourth-order valence-corrected chi connectivity index (χ4v) is 2.46. The molecule has 1 saturated carbocycles. The summed E-state index contributed by atoms with van der Waals surface area (Å²) in [7, 11) is 0. The van der Waals surface area contributed by atoms with Gasteiger partial charge in [0.1, 0.15) is 0 Å². The van der Waals surface area contributed by atoms with E-state index >= 15 is 0 Å². The number of amides is 1. The number of carbonyl (C=O) groups excluding carboxylic acids is 1. The lowest BCUT2D eigenvalue weighted by atomic mass is 10.0. The molecule has 1 aliphatic rings. The Labute approximate surface area is 116 Å². The Hall–Kier alpha value is -1.57. The molecule has 1 aromatic rings. The smallest absolute Gasteiger partial charge is 0.225 e. The summed E-state index contributed by atoms with van der Waals surface area (Å²) in [6.07, 6.45) is 4.99. The number of rotatable bonds is 7. The van der Waals surface area contributed by atoms with Crippen molar-refractivity contribution in [3.8, 4) is 0 Å². The Kier molecular flexibility index (Phi) is 4.78. The lowest BCUT2D eigenvalue weighted by Crippen LogP contribution is -2.36. The normalized spacial score (nSPS) is 15.8. The molecule has 0 radical (unpaired) electrons. The molecular weight excluding hydrogens is 234 g/mol. The maximum atomic E-state index is 12.2. The lowest BCUT2D eigenvalue weighted by molar-refractivity contribution is -0.132. The molecule has 2 rings (SSSR count). The Bertz CT molecular complexity index is 422. The predicted octanol–water partition coefficient (Wildman–Crippen LogP) is 3.29. The van der Waals surface area contributed by atoms with E-state index in [0.717, 1.165) is 25.8 Å². The molecule has 0 N–H and O–H groups in total. The van der Waals surface area contributed by atoms with E-state index in [9.17, 15) is 4.79 Å². The van der Waals surface area contributed by atoms with Gasteiger partial charge in [-0.1, -0.05) is 43.3 Å². The van der Waals surface area contributed by atoms with Crippen LogP contribution in [-0.2, 0) is 11.2 Å². The SMILES string of the molecule is C=CCN(CC(C)Cc1ccccc1)C(=O)C1CC1. The number of hydrogen-bond donors (Lipinski definition) is 0. The van der Waals surface area contributed by atoms with Crippen LogP contribution in [0.25, 0.3) is 0 Å². The topological polar surface area (TPSA) is 20.3 Å². The molecule has 1 aliphatic carbocycles. The Morgan fingerprint density at radius 3 is 2.68 bits per heavy atom. The van der Waals surface area contributed by atoms with Gasteiger partial charge in [0.15, 0.2) is 0 Å². The fraction of sp³-hybridized carbons (Fsp3) is 0.471. The molecule has 1 fully saturated rings. The first-order valence-corrected chi connectivity index (χ1v) is 7.14. The molecule has 1 aromatic carbocycles. The van der Waals surface area contributed by atoms with E-state index in [4.69, 9.17) is 0 Å². The van der Waals surface area contributed by atoms with Crippen molar-refractivity contribution in [2.75, 3.05) is 13.1 Å². The van der Waals surface area contributed by atoms with Gasteiger partial charge < -0.3 is 4.90 Å². The largest absolute Gasteiger partial charge is 0.338 e. The van der Waals surface area contributed by atoms with Crippen LogP contribution in [0.5, 0.6) is 0 Å². The van der Waals surface area contributed by atoms with Crippen LogP contribution < -0.4 is 0 Å². The number of nitrogens with zero attached hydrogens (tertiary/aromatic N) is 1. The molecular formula is C17H23NO. The van der Waals surface area contributed by atoms with Crippen LogP contribution >= 0.6 is 0 Å². The van der Waals surface area contributed by atoms with Crippen molar-refractivity contribution in [1.29, 1.82) is 0 Å². The third-order valence-electron chi connectivity index (χ3n) is 3.55. The second kappa shape index (κ2) is 6.55. The average Bonchev–Trinajstić information content (AvgIpc) is 3.23. The van der Waals surface area contributed by atoms with Crippen LogP contribution in [0, 0.1) is 11.8 Å². The third kappa shape index (κ3) is 4.23. The molecule has 102 valence electrons. The van der Waals surface area contributed by atoms with E-state index in [1.807, 2.05) is 17.0 Å². The van der Waals surface area contributed by atoms with E-state index < -0.39 is 0 Å². The van der Waals surface area contributed by atoms with Crippen LogP contribution in [-0.4, -0.2) is 23.9 Å². The van der Waals surface area contributed by atoms with Crippen LogP contribution in [0.15, 0.2) is 43.0 Å². The minimum atomic E-state index is 0.295. The highest BCUT2D eigenvalue weighted by molar-refractivity contribution is 5.81. The van der Waals surface area contributed by atoms with Crippen molar-refractivity contribution in [1.82, 2.24) is 4.90 Å². The summed E-state index contributed by atoms with van der Waals surface area (Å²) in [6.45, 7) is 7.48. The molecule has 0 spiro atoms. The van der Waals surface area contributed by atoms with Gasteiger partial charge in [-0.25, -0.2) is 0 Å². The lowest BCUT2D eigenvalue weighted by Gasteiger charge is -2.25. The first-order valence-electron chi connectivity index (χ1n) is 7.14. The van der Waals surface area contributed by atoms with Gasteiger partial charge >= 0.3 is 0 Å². The van der Waals surface area contributed by atoms with E-state index in [0.29, 0.717) is 24.3 Å². The first-order chi connectivity index (χ1) is 9.20. The van der Waals surface area contributed by atoms with E-state index in [1.54, 1.807) is 0 Å². The van der Waals surface area contributed by atoms with Gasteiger partial charge in [0.2, 0.25) is 5.91 Å². The number of benzene rings is 1. The molecule has 0 aromatic heterocycles. The molecule has 2 nitrogen and oxygen atoms in total. The standard InChI is InChI=1S/C17H23NO/c1-3-11-18(17(19)16-9-10-16)13-14(2)12-15-7-5-4-6-8-15/h3-8,14,16H,1,9-13H2,2H3. The van der Waals surface area contributed by atoms with Crippen molar-refractivity contribution in [2.45, 2.75) is 26.2 Å². The van der Waals surface area contributed by atoms with Gasteiger partial charge in [0.05, 0.1) is 0 Å². The fourth-order valence-electron chi connectivity index (χ4n) is 2.46. The van der Waals surface area contributed by atoms with Gasteiger partial charge in [-0.15, -0.1) is 6.58 Å². The van der Waals surface area contributed by atoms with Crippen LogP contribution in [0.3, 0.4) is 0 Å². The van der Waals surface area contributed by atoms with Crippen molar-refractivity contribution >= 4 is 5.91 Å². The average molecular weight is 257 g/mol. The zero-order chi connectivity index (χ0) is 13.7. The van der Waals surface area contributed by atoms with E-state index in [2.05, 4.69) is 37.8 Å². The minimum Gasteiger partial charge on any atom is -0.338 e. The molecule has 0 saturated heterocycles. The molecule has 0 aliphatic heterocycles. The number of carbonyl (C=O) groups is 1. The predicted molar refractivity (Wildman–Crippen MR) is 78.8 cm³/mol. The molecule has 0 bridgehead atoms. The van der Waals surface area contributed by atoms with Crippen molar-refractivity contribution in [2.24, 2.45) is 11.8 Å². The molecule has 2 heteroatoms. The number of hydrogen-bond acceptors (Lipinski definition) is 1. The summed E-state index contributed by atoms with van der Waals surface area (Å²) >= 11 is 0. The highest BCUT2D eigenvalue weighted by atomic mass is 16.2. The highest BCUT2D eigenvalue weighted by Crippen LogP contribution is 2.31. The monoisotopic (exact) mass is 257 g/mol. The van der Waals surface area contributed by atoms with Crippen molar-refractivity contribution in [3.05, 3.63) is 48.6 Å². The minimum absolute atomic E-state index is 0.295. The summed E-state index contributed by atoms with van der Waals surface area (Å²) in [4.78, 5) is 14.1. The first kappa shape index (κ1) is 13.9. The zero-order valence-corrected chi connectivity index (χ0v) is 11.7. The zero-order valence-electron chi connectivity index (χ0n) is 11.7. The Balaban J connectivity index is 1.89. The highest BCUT2D eigenvalue weighted by Gasteiger charge is 2.33. The van der Waals surface area contributed by atoms with Gasteiger partial charge in [-0.2, -0.15) is 0 Å². The third-order valence-corrected chi connectivity index (χ3v) is 3.55. The maximum Gasteiger partial charge on any atom is 0.225 e. The van der Waals surface area contributed by atoms with Gasteiger partial charge in [-0.05, 0) is 30.7 Å². The van der Waals surface area contributed by atoms with Crippen molar-refractivity contribution < 1.29 is 4.79 Å². The van der Waals surface area contributed by atoms with Crippen molar-refractivity contribution in [3.63, 3.8) is 0 Å². The summed E-state index contributed by atoms with van der Waals surface area (Å²) in [5, 5.41) is 0. The maximum absolute atomic E-state index is 12.2. The molecule has 1 amide bonds. The quantitative estimate of drug-likeness (QED) is 0.686. The van der Waals surface area contributed by atoms with Crippen LogP contribution in [0.1, 0.15) is 25.3 Å². The molecule has 19 heavy (non-hydrogen) atoms.